The predicted molar refractivity (Wildman–Crippen MR) is 40.4 cm³/mol. The zero-order valence-electron chi connectivity index (χ0n) is 3.61. The van der Waals surface area contributed by atoms with Gasteiger partial charge in [0.25, 0.3) is 0 Å². The van der Waals surface area contributed by atoms with Gasteiger partial charge in [0.1, 0.15) is 0 Å². The SMILES string of the molecule is O=C(O)S.O=C(S)S. The van der Waals surface area contributed by atoms with E-state index < -0.39 is 9.75 Å². The second-order valence-corrected chi connectivity index (χ2v) is 2.11. The number of carboxylic acid groups (broad SMARTS) is 1. The standard InChI is InChI=1S/CH2O2S.CH2OS2/c2*2-1(3)4/h4H,(H,2,3);(H2,2,3,4). The highest BCUT2D eigenvalue weighted by molar-refractivity contribution is 8.23. The Hall–Kier alpha value is 0.190. The Morgan fingerprint density at radius 3 is 1.12 bits per heavy atom. The van der Waals surface area contributed by atoms with Crippen LogP contribution in [0.15, 0.2) is 0 Å². The quantitative estimate of drug-likeness (QED) is 0.419. The maximum absolute atomic E-state index is 9.17. The van der Waals surface area contributed by atoms with E-state index in [1.165, 1.54) is 0 Å². The number of thiol groups is 3. The zero-order valence-corrected chi connectivity index (χ0v) is 6.29. The van der Waals surface area contributed by atoms with E-state index in [0.29, 0.717) is 0 Å². The summed E-state index contributed by atoms with van der Waals surface area (Å²) in [6, 6.07) is 0. The van der Waals surface area contributed by atoms with Crippen LogP contribution in [0.25, 0.3) is 0 Å². The summed E-state index contributed by atoms with van der Waals surface area (Å²) >= 11 is 9.27. The number of hydrogen-bond donors (Lipinski definition) is 4. The molecule has 0 atom stereocenters. The van der Waals surface area contributed by atoms with Crippen LogP contribution in [-0.2, 0) is 0 Å². The van der Waals surface area contributed by atoms with Crippen LogP contribution in [-0.4, -0.2) is 14.9 Å². The molecule has 0 saturated carbocycles. The van der Waals surface area contributed by atoms with Crippen molar-refractivity contribution in [3.63, 3.8) is 0 Å². The molecule has 0 saturated heterocycles. The molecule has 8 heavy (non-hydrogen) atoms. The van der Waals surface area contributed by atoms with Crippen LogP contribution in [0, 0.1) is 0 Å². The third kappa shape index (κ3) is 4620. The summed E-state index contributed by atoms with van der Waals surface area (Å²) in [6.45, 7) is 0. The summed E-state index contributed by atoms with van der Waals surface area (Å²) in [4.78, 5) is 18.0. The van der Waals surface area contributed by atoms with E-state index in [4.69, 9.17) is 9.90 Å². The lowest BCUT2D eigenvalue weighted by Crippen LogP contribution is -1.67. The molecule has 0 aliphatic rings. The summed E-state index contributed by atoms with van der Waals surface area (Å²) in [6.07, 6.45) is 0. The lowest BCUT2D eigenvalue weighted by Gasteiger charge is -1.58. The molecule has 0 aromatic carbocycles. The Kier molecular flexibility index (Phi) is 9.93. The Morgan fingerprint density at radius 1 is 1.12 bits per heavy atom. The molecule has 3 nitrogen and oxygen atoms in total. The molecule has 0 aliphatic carbocycles. The van der Waals surface area contributed by atoms with Crippen LogP contribution in [0.4, 0.5) is 9.59 Å². The summed E-state index contributed by atoms with van der Waals surface area (Å²) in [5.74, 6) is 0. The first-order valence-corrected chi connectivity index (χ1v) is 2.64. The van der Waals surface area contributed by atoms with Gasteiger partial charge >= 0.3 is 5.30 Å². The fraction of sp³-hybridized carbons (Fsp3) is 0. The topological polar surface area (TPSA) is 54.4 Å². The predicted octanol–water partition coefficient (Wildman–Crippen LogP) is 1.56. The molecule has 0 aliphatic heterocycles. The van der Waals surface area contributed by atoms with Crippen molar-refractivity contribution in [2.24, 2.45) is 0 Å². The molecule has 0 unspecified atom stereocenters. The Bertz CT molecular complexity index is 70.5. The normalized spacial score (nSPS) is 6.38. The molecule has 0 aromatic rings. The van der Waals surface area contributed by atoms with Gasteiger partial charge in [0.15, 0.2) is 0 Å². The Balaban J connectivity index is 0. The highest BCUT2D eigenvalue weighted by atomic mass is 32.2. The van der Waals surface area contributed by atoms with Crippen molar-refractivity contribution < 1.29 is 14.7 Å². The number of carbonyl (C=O) groups is 2. The smallest absolute Gasteiger partial charge is 0.361 e. The van der Waals surface area contributed by atoms with E-state index in [9.17, 15) is 4.79 Å². The third-order valence-electron chi connectivity index (χ3n) is 0. The molecule has 48 valence electrons. The Morgan fingerprint density at radius 2 is 1.12 bits per heavy atom. The van der Waals surface area contributed by atoms with Gasteiger partial charge in [-0.3, -0.25) is 4.79 Å². The fourth-order valence-corrected chi connectivity index (χ4v) is 0. The van der Waals surface area contributed by atoms with Crippen molar-refractivity contribution in [1.82, 2.24) is 0 Å². The monoisotopic (exact) mass is 172 g/mol. The molecular formula is C2H4O3S3. The van der Waals surface area contributed by atoms with Crippen LogP contribution in [0.3, 0.4) is 0 Å². The van der Waals surface area contributed by atoms with Crippen molar-refractivity contribution >= 4 is 47.6 Å². The average molecular weight is 172 g/mol. The van der Waals surface area contributed by atoms with Gasteiger partial charge in [-0.25, -0.2) is 4.79 Å². The largest absolute Gasteiger partial charge is 0.473 e. The van der Waals surface area contributed by atoms with Crippen LogP contribution in [0.2, 0.25) is 0 Å². The maximum Gasteiger partial charge on any atom is 0.361 e. The first-order chi connectivity index (χ1) is 3.46. The lowest BCUT2D eigenvalue weighted by molar-refractivity contribution is 0.222. The second kappa shape index (κ2) is 7.19. The molecule has 0 rings (SSSR count). The van der Waals surface area contributed by atoms with Crippen LogP contribution in [0.1, 0.15) is 0 Å². The van der Waals surface area contributed by atoms with Crippen LogP contribution >= 0.6 is 37.9 Å². The van der Waals surface area contributed by atoms with Gasteiger partial charge in [0.2, 0.25) is 4.45 Å². The molecule has 0 fully saturated rings. The molecule has 0 heterocycles. The first kappa shape index (κ1) is 11.0. The van der Waals surface area contributed by atoms with Crippen LogP contribution < -0.4 is 0 Å². The van der Waals surface area contributed by atoms with E-state index in [1.54, 1.807) is 0 Å². The number of carbonyl (C=O) groups excluding carboxylic acids is 1. The highest BCUT2D eigenvalue weighted by Crippen LogP contribution is 1.81. The summed E-state index contributed by atoms with van der Waals surface area (Å²) < 4.78 is -0.444. The van der Waals surface area contributed by atoms with Crippen molar-refractivity contribution in [1.29, 1.82) is 0 Å². The van der Waals surface area contributed by atoms with Crippen molar-refractivity contribution in [3.8, 4) is 0 Å². The van der Waals surface area contributed by atoms with Crippen molar-refractivity contribution in [2.75, 3.05) is 0 Å². The molecule has 0 radical (unpaired) electrons. The lowest BCUT2D eigenvalue weighted by atomic mass is 11.6. The van der Waals surface area contributed by atoms with E-state index >= 15 is 0 Å². The van der Waals surface area contributed by atoms with Crippen molar-refractivity contribution in [3.05, 3.63) is 0 Å². The minimum atomic E-state index is -1.14. The summed E-state index contributed by atoms with van der Waals surface area (Å²) in [7, 11) is 0. The number of rotatable bonds is 0. The van der Waals surface area contributed by atoms with Gasteiger partial charge in [-0.1, -0.05) is 37.9 Å². The van der Waals surface area contributed by atoms with Gasteiger partial charge in [0, 0.05) is 0 Å². The van der Waals surface area contributed by atoms with E-state index in [1.807, 2.05) is 0 Å². The molecule has 0 amide bonds. The molecule has 0 spiro atoms. The second-order valence-electron chi connectivity index (χ2n) is 0.565. The summed E-state index contributed by atoms with van der Waals surface area (Å²) in [5.41, 5.74) is 0. The third-order valence-corrected chi connectivity index (χ3v) is 0. The molecule has 0 bridgehead atoms. The average Bonchev–Trinajstić information content (AvgIpc) is 1.25. The van der Waals surface area contributed by atoms with E-state index in [2.05, 4.69) is 37.9 Å². The minimum absolute atomic E-state index is 0.444. The highest BCUT2D eigenvalue weighted by Gasteiger charge is 1.67. The molecular weight excluding hydrogens is 168 g/mol. The Labute approximate surface area is 62.7 Å². The summed E-state index contributed by atoms with van der Waals surface area (Å²) in [5, 5.41) is 6.14. The molecule has 0 aromatic heterocycles. The van der Waals surface area contributed by atoms with Crippen LogP contribution in [0.5, 0.6) is 0 Å². The van der Waals surface area contributed by atoms with Gasteiger partial charge in [0.05, 0.1) is 0 Å². The van der Waals surface area contributed by atoms with Gasteiger partial charge in [-0.2, -0.15) is 0 Å². The zero-order chi connectivity index (χ0) is 7.15. The van der Waals surface area contributed by atoms with Crippen molar-refractivity contribution in [2.45, 2.75) is 0 Å². The minimum Gasteiger partial charge on any atom is -0.473 e. The van der Waals surface area contributed by atoms with E-state index in [0.717, 1.165) is 0 Å². The fourth-order valence-electron chi connectivity index (χ4n) is 0. The van der Waals surface area contributed by atoms with E-state index in [-0.39, 0.29) is 0 Å². The molecule has 6 heteroatoms. The molecule has 1 N–H and O–H groups in total. The maximum atomic E-state index is 9.17. The van der Waals surface area contributed by atoms with Gasteiger partial charge in [-0.05, 0) is 0 Å². The first-order valence-electron chi connectivity index (χ1n) is 1.30. The van der Waals surface area contributed by atoms with Gasteiger partial charge < -0.3 is 5.11 Å². The van der Waals surface area contributed by atoms with Gasteiger partial charge in [-0.15, -0.1) is 0 Å². The number of hydrogen-bond acceptors (Lipinski definition) is 2.